The smallest absolute Gasteiger partial charge is 0.331 e. The number of methoxy groups -OCH3 is 1. The fourth-order valence-corrected chi connectivity index (χ4v) is 2.56. The molecule has 0 saturated carbocycles. The number of anilines is 1. The second-order valence-electron chi connectivity index (χ2n) is 5.47. The molecule has 0 spiro atoms. The molecule has 0 radical (unpaired) electrons. The molecule has 0 unspecified atom stereocenters. The van der Waals surface area contributed by atoms with Crippen LogP contribution in [0, 0.1) is 6.92 Å². The van der Waals surface area contributed by atoms with E-state index in [4.69, 9.17) is 32.7 Å². The summed E-state index contributed by atoms with van der Waals surface area (Å²) in [5, 5.41) is 12.7. The van der Waals surface area contributed by atoms with Gasteiger partial charge in [0.05, 0.1) is 22.8 Å². The third-order valence-corrected chi connectivity index (χ3v) is 4.31. The van der Waals surface area contributed by atoms with Crippen molar-refractivity contribution in [3.8, 4) is 11.5 Å². The average Bonchev–Trinajstić information content (AvgIpc) is 2.66. The molecule has 0 aliphatic carbocycles. The van der Waals surface area contributed by atoms with Crippen LogP contribution in [-0.4, -0.2) is 30.7 Å². The Balaban J connectivity index is 1.92. The number of aromatic hydroxyl groups is 1. The number of ether oxygens (including phenoxy) is 2. The Labute approximate surface area is 166 Å². The predicted molar refractivity (Wildman–Crippen MR) is 104 cm³/mol. The fraction of sp³-hybridized carbons (Fsp3) is 0.158. The number of nitrogens with one attached hydrogen (secondary N) is 1. The zero-order chi connectivity index (χ0) is 20.0. The number of aryl methyl sites for hydroxylation is 1. The fourth-order valence-electron chi connectivity index (χ4n) is 2.09. The van der Waals surface area contributed by atoms with Crippen LogP contribution in [0.15, 0.2) is 36.4 Å². The van der Waals surface area contributed by atoms with E-state index in [0.717, 1.165) is 11.6 Å². The Bertz CT molecular complexity index is 896. The minimum Gasteiger partial charge on any atom is -0.504 e. The van der Waals surface area contributed by atoms with Crippen LogP contribution in [0.5, 0.6) is 11.5 Å². The summed E-state index contributed by atoms with van der Waals surface area (Å²) in [6.45, 7) is 1.28. The third kappa shape index (κ3) is 5.64. The number of hydrogen-bond donors (Lipinski definition) is 2. The zero-order valence-corrected chi connectivity index (χ0v) is 16.1. The van der Waals surface area contributed by atoms with Gasteiger partial charge >= 0.3 is 5.97 Å². The van der Waals surface area contributed by atoms with Crippen molar-refractivity contribution in [2.45, 2.75) is 6.92 Å². The van der Waals surface area contributed by atoms with Gasteiger partial charge in [-0.3, -0.25) is 4.79 Å². The van der Waals surface area contributed by atoms with Crippen molar-refractivity contribution in [1.82, 2.24) is 0 Å². The quantitative estimate of drug-likeness (QED) is 0.551. The van der Waals surface area contributed by atoms with Crippen LogP contribution in [0.4, 0.5) is 5.69 Å². The summed E-state index contributed by atoms with van der Waals surface area (Å²) >= 11 is 12.1. The molecule has 6 nitrogen and oxygen atoms in total. The molecule has 2 aromatic rings. The van der Waals surface area contributed by atoms with Gasteiger partial charge in [0.15, 0.2) is 18.1 Å². The summed E-state index contributed by atoms with van der Waals surface area (Å²) in [6, 6.07) is 7.92. The van der Waals surface area contributed by atoms with Crippen molar-refractivity contribution in [3.05, 3.63) is 57.6 Å². The van der Waals surface area contributed by atoms with Gasteiger partial charge in [0.25, 0.3) is 5.91 Å². The molecular formula is C19H17Cl2NO5. The predicted octanol–water partition coefficient (Wildman–Crippen LogP) is 4.21. The first kappa shape index (κ1) is 20.6. The van der Waals surface area contributed by atoms with Crippen molar-refractivity contribution < 1.29 is 24.2 Å². The first-order valence-electron chi connectivity index (χ1n) is 7.78. The summed E-state index contributed by atoms with van der Waals surface area (Å²) in [6.07, 6.45) is 2.63. The largest absolute Gasteiger partial charge is 0.504 e. The van der Waals surface area contributed by atoms with Crippen molar-refractivity contribution in [3.63, 3.8) is 0 Å². The maximum Gasteiger partial charge on any atom is 0.331 e. The molecule has 8 heteroatoms. The molecule has 2 aromatic carbocycles. The molecule has 0 aromatic heterocycles. The van der Waals surface area contributed by atoms with Crippen molar-refractivity contribution in [2.24, 2.45) is 0 Å². The normalized spacial score (nSPS) is 10.7. The number of phenolic OH excluding ortho intramolecular Hbond substituents is 1. The molecule has 0 aliphatic rings. The van der Waals surface area contributed by atoms with Gasteiger partial charge < -0.3 is 19.9 Å². The lowest BCUT2D eigenvalue weighted by Gasteiger charge is -2.11. The number of carbonyl (C=O) groups is 2. The van der Waals surface area contributed by atoms with Gasteiger partial charge in [-0.2, -0.15) is 0 Å². The summed E-state index contributed by atoms with van der Waals surface area (Å²) in [7, 11) is 1.42. The highest BCUT2D eigenvalue weighted by atomic mass is 35.5. The van der Waals surface area contributed by atoms with Gasteiger partial charge in [-0.05, 0) is 42.3 Å². The maximum atomic E-state index is 12.0. The van der Waals surface area contributed by atoms with Gasteiger partial charge in [0.2, 0.25) is 0 Å². The van der Waals surface area contributed by atoms with Crippen LogP contribution >= 0.6 is 23.2 Å². The number of benzene rings is 2. The summed E-state index contributed by atoms with van der Waals surface area (Å²) in [5.41, 5.74) is 1.64. The van der Waals surface area contributed by atoms with E-state index in [0.29, 0.717) is 10.6 Å². The Morgan fingerprint density at radius 3 is 2.67 bits per heavy atom. The van der Waals surface area contributed by atoms with E-state index in [1.54, 1.807) is 31.2 Å². The van der Waals surface area contributed by atoms with Gasteiger partial charge in [-0.25, -0.2) is 4.79 Å². The molecule has 142 valence electrons. The number of amides is 1. The van der Waals surface area contributed by atoms with Gasteiger partial charge in [0, 0.05) is 6.08 Å². The molecule has 2 N–H and O–H groups in total. The van der Waals surface area contributed by atoms with Crippen LogP contribution in [0.1, 0.15) is 11.1 Å². The summed E-state index contributed by atoms with van der Waals surface area (Å²) in [4.78, 5) is 23.7. The number of hydrogen-bond acceptors (Lipinski definition) is 5. The molecular weight excluding hydrogens is 393 g/mol. The van der Waals surface area contributed by atoms with Crippen LogP contribution in [0.3, 0.4) is 0 Å². The molecule has 0 aliphatic heterocycles. The van der Waals surface area contributed by atoms with E-state index < -0.39 is 18.5 Å². The Morgan fingerprint density at radius 2 is 1.96 bits per heavy atom. The Kier molecular flexibility index (Phi) is 7.10. The lowest BCUT2D eigenvalue weighted by Crippen LogP contribution is -2.20. The minimum absolute atomic E-state index is 0.0117. The SMILES string of the molecule is COc1cc(/C=C/C(=O)OCC(=O)Nc2c(Cl)ccc(C)c2Cl)ccc1O. The highest BCUT2D eigenvalue weighted by Crippen LogP contribution is 2.32. The van der Waals surface area contributed by atoms with Crippen molar-refractivity contribution >= 4 is 46.8 Å². The van der Waals surface area contributed by atoms with E-state index in [9.17, 15) is 14.7 Å². The van der Waals surface area contributed by atoms with Crippen molar-refractivity contribution in [2.75, 3.05) is 19.0 Å². The lowest BCUT2D eigenvalue weighted by atomic mass is 10.2. The Hall–Kier alpha value is -2.70. The number of halogens is 2. The first-order chi connectivity index (χ1) is 12.8. The summed E-state index contributed by atoms with van der Waals surface area (Å²) < 4.78 is 9.86. The molecule has 0 saturated heterocycles. The second kappa shape index (κ2) is 9.30. The van der Waals surface area contributed by atoms with E-state index >= 15 is 0 Å². The van der Waals surface area contributed by atoms with Gasteiger partial charge in [0.1, 0.15) is 0 Å². The van der Waals surface area contributed by atoms with Crippen LogP contribution < -0.4 is 10.1 Å². The van der Waals surface area contributed by atoms with Crippen LogP contribution in [0.25, 0.3) is 6.08 Å². The van der Waals surface area contributed by atoms with Crippen molar-refractivity contribution in [1.29, 1.82) is 0 Å². The van der Waals surface area contributed by atoms with E-state index in [1.807, 2.05) is 0 Å². The second-order valence-corrected chi connectivity index (χ2v) is 6.26. The highest BCUT2D eigenvalue weighted by Gasteiger charge is 2.13. The topological polar surface area (TPSA) is 84.9 Å². The molecule has 1 amide bonds. The van der Waals surface area contributed by atoms with Crippen LogP contribution in [0.2, 0.25) is 10.0 Å². The number of phenols is 1. The summed E-state index contributed by atoms with van der Waals surface area (Å²) in [5.74, 6) is -1.02. The zero-order valence-electron chi connectivity index (χ0n) is 14.6. The Morgan fingerprint density at radius 1 is 1.22 bits per heavy atom. The maximum absolute atomic E-state index is 12.0. The van der Waals surface area contributed by atoms with Gasteiger partial charge in [-0.15, -0.1) is 0 Å². The molecule has 0 bridgehead atoms. The van der Waals surface area contributed by atoms with Gasteiger partial charge in [-0.1, -0.05) is 35.3 Å². The number of rotatable bonds is 6. The van der Waals surface area contributed by atoms with Crippen LogP contribution in [-0.2, 0) is 14.3 Å². The first-order valence-corrected chi connectivity index (χ1v) is 8.53. The van der Waals surface area contributed by atoms with E-state index in [-0.39, 0.29) is 22.2 Å². The standard InChI is InChI=1S/C19H17Cl2NO5/c1-11-3-6-13(20)19(18(11)21)22-16(24)10-27-17(25)8-5-12-4-7-14(23)15(9-12)26-2/h3-9,23H,10H2,1-2H3,(H,22,24)/b8-5+. The highest BCUT2D eigenvalue weighted by molar-refractivity contribution is 6.40. The minimum atomic E-state index is -0.710. The average molecular weight is 410 g/mol. The monoisotopic (exact) mass is 409 g/mol. The number of carbonyl (C=O) groups excluding carboxylic acids is 2. The molecule has 27 heavy (non-hydrogen) atoms. The molecule has 0 atom stereocenters. The molecule has 0 heterocycles. The molecule has 2 rings (SSSR count). The molecule has 0 fully saturated rings. The van der Waals surface area contributed by atoms with E-state index in [1.165, 1.54) is 19.3 Å². The number of esters is 1. The lowest BCUT2D eigenvalue weighted by molar-refractivity contribution is -0.142. The van der Waals surface area contributed by atoms with E-state index in [2.05, 4.69) is 5.32 Å². The third-order valence-electron chi connectivity index (χ3n) is 3.51.